The first-order valence-electron chi connectivity index (χ1n) is 8.76. The molecule has 2 heterocycles. The monoisotopic (exact) mass is 342 g/mol. The molecule has 4 heteroatoms. The highest BCUT2D eigenvalue weighted by molar-refractivity contribution is 7.12. The second-order valence-electron chi connectivity index (χ2n) is 6.50. The summed E-state index contributed by atoms with van der Waals surface area (Å²) < 4.78 is 0. The van der Waals surface area contributed by atoms with Crippen LogP contribution < -0.4 is 4.90 Å². The summed E-state index contributed by atoms with van der Waals surface area (Å²) in [4.78, 5) is 20.0. The number of carbonyl (C=O) groups excluding carboxylic acids is 1. The predicted octanol–water partition coefficient (Wildman–Crippen LogP) is 4.55. The molecule has 1 aromatic heterocycles. The number of likely N-dealkylation sites (tertiary alicyclic amines) is 1. The van der Waals surface area contributed by atoms with Crippen LogP contribution in [0.2, 0.25) is 0 Å². The Kier molecular flexibility index (Phi) is 5.36. The lowest BCUT2D eigenvalue weighted by Crippen LogP contribution is -2.40. The SMILES string of the molecule is CCN(C(=O)CN1CCCC1c1ccc(C)s1)c1ccccc1C. The Morgan fingerprint density at radius 1 is 1.25 bits per heavy atom. The minimum absolute atomic E-state index is 0.201. The maximum atomic E-state index is 13.0. The Bertz CT molecular complexity index is 709. The van der Waals surface area contributed by atoms with Gasteiger partial charge in [-0.05, 0) is 63.9 Å². The average molecular weight is 343 g/mol. The van der Waals surface area contributed by atoms with Gasteiger partial charge in [-0.15, -0.1) is 11.3 Å². The van der Waals surface area contributed by atoms with Gasteiger partial charge in [0.05, 0.1) is 6.54 Å². The third-order valence-electron chi connectivity index (χ3n) is 4.82. The van der Waals surface area contributed by atoms with Gasteiger partial charge in [-0.25, -0.2) is 0 Å². The Labute approximate surface area is 148 Å². The summed E-state index contributed by atoms with van der Waals surface area (Å²) in [6.45, 7) is 8.49. The van der Waals surface area contributed by atoms with Crippen LogP contribution in [0.15, 0.2) is 36.4 Å². The maximum absolute atomic E-state index is 13.0. The summed E-state index contributed by atoms with van der Waals surface area (Å²) >= 11 is 1.86. The number of benzene rings is 1. The number of amides is 1. The zero-order valence-electron chi connectivity index (χ0n) is 14.8. The number of rotatable bonds is 5. The van der Waals surface area contributed by atoms with Crippen molar-refractivity contribution in [3.05, 3.63) is 51.7 Å². The highest BCUT2D eigenvalue weighted by Gasteiger charge is 2.30. The normalized spacial score (nSPS) is 18.0. The van der Waals surface area contributed by atoms with Crippen molar-refractivity contribution in [2.24, 2.45) is 0 Å². The van der Waals surface area contributed by atoms with Gasteiger partial charge in [-0.1, -0.05) is 18.2 Å². The maximum Gasteiger partial charge on any atom is 0.241 e. The summed E-state index contributed by atoms with van der Waals surface area (Å²) in [6.07, 6.45) is 2.33. The first-order valence-corrected chi connectivity index (χ1v) is 9.58. The molecule has 1 atom stereocenters. The van der Waals surface area contributed by atoms with E-state index in [2.05, 4.69) is 43.9 Å². The van der Waals surface area contributed by atoms with Gasteiger partial charge in [0.2, 0.25) is 5.91 Å². The minimum Gasteiger partial charge on any atom is -0.311 e. The third kappa shape index (κ3) is 3.55. The zero-order valence-corrected chi connectivity index (χ0v) is 15.6. The lowest BCUT2D eigenvalue weighted by atomic mass is 10.1. The van der Waals surface area contributed by atoms with Crippen LogP contribution >= 0.6 is 11.3 Å². The first-order chi connectivity index (χ1) is 11.6. The smallest absolute Gasteiger partial charge is 0.241 e. The fraction of sp³-hybridized carbons (Fsp3) is 0.450. The summed E-state index contributed by atoms with van der Waals surface area (Å²) in [5.41, 5.74) is 2.19. The molecule has 0 aliphatic carbocycles. The summed E-state index contributed by atoms with van der Waals surface area (Å²) in [7, 11) is 0. The predicted molar refractivity (Wildman–Crippen MR) is 102 cm³/mol. The van der Waals surface area contributed by atoms with Crippen LogP contribution in [-0.4, -0.2) is 30.4 Å². The van der Waals surface area contributed by atoms with Gasteiger partial charge in [0.25, 0.3) is 0 Å². The molecule has 0 N–H and O–H groups in total. The van der Waals surface area contributed by atoms with E-state index in [1.165, 1.54) is 16.2 Å². The topological polar surface area (TPSA) is 23.6 Å². The molecule has 1 unspecified atom stereocenters. The van der Waals surface area contributed by atoms with Crippen LogP contribution in [0.5, 0.6) is 0 Å². The van der Waals surface area contributed by atoms with Gasteiger partial charge in [0.1, 0.15) is 0 Å². The molecule has 1 aliphatic heterocycles. The zero-order chi connectivity index (χ0) is 17.1. The Balaban J connectivity index is 1.74. The molecule has 1 aromatic carbocycles. The van der Waals surface area contributed by atoms with Crippen LogP contribution in [0, 0.1) is 13.8 Å². The summed E-state index contributed by atoms with van der Waals surface area (Å²) in [5, 5.41) is 0. The second-order valence-corrected chi connectivity index (χ2v) is 7.82. The fourth-order valence-corrected chi connectivity index (χ4v) is 4.62. The van der Waals surface area contributed by atoms with Crippen molar-refractivity contribution in [3.8, 4) is 0 Å². The lowest BCUT2D eigenvalue weighted by Gasteiger charge is -2.28. The molecule has 24 heavy (non-hydrogen) atoms. The van der Waals surface area contributed by atoms with E-state index in [0.29, 0.717) is 19.1 Å². The number of carbonyl (C=O) groups is 1. The largest absolute Gasteiger partial charge is 0.311 e. The molecule has 1 saturated heterocycles. The van der Waals surface area contributed by atoms with Gasteiger partial charge in [-0.2, -0.15) is 0 Å². The third-order valence-corrected chi connectivity index (χ3v) is 5.92. The van der Waals surface area contributed by atoms with Crippen LogP contribution in [0.1, 0.15) is 41.1 Å². The molecule has 128 valence electrons. The highest BCUT2D eigenvalue weighted by Crippen LogP contribution is 2.35. The van der Waals surface area contributed by atoms with E-state index in [1.807, 2.05) is 34.4 Å². The first kappa shape index (κ1) is 17.2. The van der Waals surface area contributed by atoms with Gasteiger partial charge in [-0.3, -0.25) is 9.69 Å². The Morgan fingerprint density at radius 3 is 2.71 bits per heavy atom. The molecular weight excluding hydrogens is 316 g/mol. The minimum atomic E-state index is 0.201. The molecule has 2 aromatic rings. The quantitative estimate of drug-likeness (QED) is 0.795. The van der Waals surface area contributed by atoms with Crippen molar-refractivity contribution in [3.63, 3.8) is 0 Å². The van der Waals surface area contributed by atoms with E-state index in [4.69, 9.17) is 0 Å². The highest BCUT2D eigenvalue weighted by atomic mass is 32.1. The molecule has 0 spiro atoms. The number of thiophene rings is 1. The summed E-state index contributed by atoms with van der Waals surface area (Å²) in [6, 6.07) is 13.0. The second kappa shape index (κ2) is 7.49. The number of hydrogen-bond acceptors (Lipinski definition) is 3. The van der Waals surface area contributed by atoms with Gasteiger partial charge in [0.15, 0.2) is 0 Å². The van der Waals surface area contributed by atoms with Gasteiger partial charge in [0, 0.05) is 28.0 Å². The standard InChI is InChI=1S/C20H26N2OS/c1-4-22(17-9-6-5-8-15(17)2)20(23)14-21-13-7-10-18(21)19-12-11-16(3)24-19/h5-6,8-9,11-12,18H,4,7,10,13-14H2,1-3H3. The van der Waals surface area contributed by atoms with Crippen LogP contribution in [-0.2, 0) is 4.79 Å². The molecule has 3 rings (SSSR count). The Hall–Kier alpha value is -1.65. The molecule has 0 bridgehead atoms. The van der Waals surface area contributed by atoms with Crippen molar-refractivity contribution in [2.45, 2.75) is 39.7 Å². The number of aryl methyl sites for hydroxylation is 2. The Morgan fingerprint density at radius 2 is 2.04 bits per heavy atom. The molecule has 1 amide bonds. The van der Waals surface area contributed by atoms with Crippen LogP contribution in [0.25, 0.3) is 0 Å². The number of nitrogens with zero attached hydrogens (tertiary/aromatic N) is 2. The van der Waals surface area contributed by atoms with Crippen LogP contribution in [0.4, 0.5) is 5.69 Å². The van der Waals surface area contributed by atoms with Gasteiger partial charge < -0.3 is 4.90 Å². The van der Waals surface area contributed by atoms with Crippen molar-refractivity contribution < 1.29 is 4.79 Å². The molecular formula is C20H26N2OS. The van der Waals surface area contributed by atoms with E-state index in [1.54, 1.807) is 0 Å². The van der Waals surface area contributed by atoms with Crippen LogP contribution in [0.3, 0.4) is 0 Å². The number of anilines is 1. The van der Waals surface area contributed by atoms with Crippen molar-refractivity contribution >= 4 is 22.9 Å². The summed E-state index contributed by atoms with van der Waals surface area (Å²) in [5.74, 6) is 0.201. The van der Waals surface area contributed by atoms with E-state index in [0.717, 1.165) is 24.2 Å². The molecule has 1 fully saturated rings. The fourth-order valence-electron chi connectivity index (χ4n) is 3.58. The number of likely N-dealkylation sites (N-methyl/N-ethyl adjacent to an activating group) is 1. The van der Waals surface area contributed by atoms with E-state index < -0.39 is 0 Å². The van der Waals surface area contributed by atoms with E-state index in [-0.39, 0.29) is 5.91 Å². The number of para-hydroxylation sites is 1. The van der Waals surface area contributed by atoms with Crippen molar-refractivity contribution in [1.29, 1.82) is 0 Å². The average Bonchev–Trinajstić information content (AvgIpc) is 3.18. The molecule has 0 saturated carbocycles. The lowest BCUT2D eigenvalue weighted by molar-refractivity contribution is -0.119. The van der Waals surface area contributed by atoms with Crippen molar-refractivity contribution in [2.75, 3.05) is 24.5 Å². The van der Waals surface area contributed by atoms with E-state index in [9.17, 15) is 4.79 Å². The van der Waals surface area contributed by atoms with Crippen molar-refractivity contribution in [1.82, 2.24) is 4.90 Å². The molecule has 1 aliphatic rings. The molecule has 3 nitrogen and oxygen atoms in total. The number of hydrogen-bond donors (Lipinski definition) is 0. The van der Waals surface area contributed by atoms with Gasteiger partial charge >= 0.3 is 0 Å². The van der Waals surface area contributed by atoms with E-state index >= 15 is 0 Å². The molecule has 0 radical (unpaired) electrons.